The van der Waals surface area contributed by atoms with Gasteiger partial charge in [-0.1, -0.05) is 30.2 Å². The molecular weight excluding hydrogens is 408 g/mol. The second-order valence-electron chi connectivity index (χ2n) is 7.72. The minimum atomic E-state index is -0.0355. The van der Waals surface area contributed by atoms with Crippen LogP contribution in [0.5, 0.6) is 0 Å². The quantitative estimate of drug-likeness (QED) is 0.733. The van der Waals surface area contributed by atoms with E-state index in [1.165, 1.54) is 19.3 Å². The lowest BCUT2D eigenvalue weighted by atomic mass is 10.2. The van der Waals surface area contributed by atoms with Crippen molar-refractivity contribution >= 4 is 35.4 Å². The second kappa shape index (κ2) is 9.38. The summed E-state index contributed by atoms with van der Waals surface area (Å²) in [6, 6.07) is 7.30. The van der Waals surface area contributed by atoms with Crippen molar-refractivity contribution in [3.05, 3.63) is 39.9 Å². The lowest BCUT2D eigenvalue weighted by Gasteiger charge is -2.34. The Labute approximate surface area is 181 Å². The molecule has 2 aliphatic heterocycles. The third-order valence-corrected chi connectivity index (χ3v) is 6.36. The van der Waals surface area contributed by atoms with Crippen molar-refractivity contribution in [1.29, 1.82) is 0 Å². The summed E-state index contributed by atoms with van der Waals surface area (Å²) < 4.78 is 5.01. The van der Waals surface area contributed by atoms with E-state index >= 15 is 0 Å². The van der Waals surface area contributed by atoms with Crippen LogP contribution in [-0.4, -0.2) is 62.8 Å². The number of aryl methyl sites for hydroxylation is 1. The molecule has 29 heavy (non-hydrogen) atoms. The highest BCUT2D eigenvalue weighted by Gasteiger charge is 2.21. The molecule has 0 spiro atoms. The Morgan fingerprint density at radius 3 is 2.62 bits per heavy atom. The largest absolute Gasteiger partial charge is 0.324 e. The van der Waals surface area contributed by atoms with Gasteiger partial charge in [-0.15, -0.1) is 0 Å². The zero-order valence-electron chi connectivity index (χ0n) is 16.5. The summed E-state index contributed by atoms with van der Waals surface area (Å²) in [5.74, 6) is 1.09. The molecule has 1 amide bonds. The highest BCUT2D eigenvalue weighted by molar-refractivity contribution is 7.71. The summed E-state index contributed by atoms with van der Waals surface area (Å²) in [4.78, 5) is 16.9. The summed E-state index contributed by atoms with van der Waals surface area (Å²) in [7, 11) is 0. The molecule has 1 aromatic heterocycles. The predicted molar refractivity (Wildman–Crippen MR) is 117 cm³/mol. The van der Waals surface area contributed by atoms with Gasteiger partial charge in [-0.3, -0.25) is 14.6 Å². The number of amides is 1. The fourth-order valence-electron chi connectivity index (χ4n) is 3.95. The first-order valence-electron chi connectivity index (χ1n) is 10.3. The Hall–Kier alpha value is -1.74. The van der Waals surface area contributed by atoms with Crippen LogP contribution in [0.3, 0.4) is 0 Å². The molecular formula is C20H27ClN6OS. The van der Waals surface area contributed by atoms with Gasteiger partial charge in [-0.2, -0.15) is 5.10 Å². The van der Waals surface area contributed by atoms with Crippen LogP contribution in [0.4, 0.5) is 5.69 Å². The van der Waals surface area contributed by atoms with Gasteiger partial charge in [0.15, 0.2) is 4.77 Å². The van der Waals surface area contributed by atoms with Crippen LogP contribution in [0.15, 0.2) is 24.3 Å². The van der Waals surface area contributed by atoms with E-state index in [1.54, 1.807) is 6.07 Å². The Balaban J connectivity index is 1.27. The number of aromatic nitrogens is 3. The van der Waals surface area contributed by atoms with Crippen LogP contribution < -0.4 is 5.32 Å². The maximum Gasteiger partial charge on any atom is 0.238 e. The third-order valence-electron chi connectivity index (χ3n) is 5.60. The number of nitrogens with zero attached hydrogens (tertiary/aromatic N) is 5. The highest BCUT2D eigenvalue weighted by atomic mass is 35.5. The van der Waals surface area contributed by atoms with Crippen LogP contribution >= 0.6 is 23.8 Å². The van der Waals surface area contributed by atoms with Gasteiger partial charge in [0.05, 0.1) is 23.9 Å². The van der Waals surface area contributed by atoms with E-state index in [4.69, 9.17) is 28.9 Å². The number of benzene rings is 1. The Kier molecular flexibility index (Phi) is 6.64. The smallest absolute Gasteiger partial charge is 0.238 e. The minimum Gasteiger partial charge on any atom is -0.324 e. The van der Waals surface area contributed by atoms with Gasteiger partial charge >= 0.3 is 0 Å². The van der Waals surface area contributed by atoms with Crippen molar-refractivity contribution in [3.63, 3.8) is 0 Å². The van der Waals surface area contributed by atoms with Crippen molar-refractivity contribution in [2.45, 2.75) is 38.9 Å². The highest BCUT2D eigenvalue weighted by Crippen LogP contribution is 2.20. The van der Waals surface area contributed by atoms with E-state index in [0.29, 0.717) is 17.3 Å². The summed E-state index contributed by atoms with van der Waals surface area (Å²) in [6.07, 6.45) is 4.65. The Morgan fingerprint density at radius 1 is 1.07 bits per heavy atom. The van der Waals surface area contributed by atoms with Gasteiger partial charge in [-0.05, 0) is 37.2 Å². The van der Waals surface area contributed by atoms with Gasteiger partial charge in [0, 0.05) is 39.1 Å². The average molecular weight is 435 g/mol. The van der Waals surface area contributed by atoms with E-state index in [2.05, 4.69) is 19.7 Å². The lowest BCUT2D eigenvalue weighted by Crippen LogP contribution is -2.49. The van der Waals surface area contributed by atoms with E-state index in [1.807, 2.05) is 22.9 Å². The molecule has 156 valence electrons. The van der Waals surface area contributed by atoms with E-state index < -0.39 is 0 Å². The number of hydrogen-bond donors (Lipinski definition) is 1. The summed E-state index contributed by atoms with van der Waals surface area (Å²) in [5.41, 5.74) is 0.659. The van der Waals surface area contributed by atoms with Crippen LogP contribution in [0.1, 0.15) is 25.1 Å². The minimum absolute atomic E-state index is 0.0355. The molecule has 7 nitrogen and oxygen atoms in total. The summed E-state index contributed by atoms with van der Waals surface area (Å²) in [6.45, 7) is 5.55. The molecule has 4 rings (SSSR count). The van der Waals surface area contributed by atoms with Crippen LogP contribution in [-0.2, 0) is 24.4 Å². The van der Waals surface area contributed by atoms with Crippen LogP contribution in [0, 0.1) is 4.77 Å². The molecule has 2 aliphatic rings. The molecule has 0 aliphatic carbocycles. The maximum atomic E-state index is 12.3. The monoisotopic (exact) mass is 434 g/mol. The molecule has 9 heteroatoms. The van der Waals surface area contributed by atoms with Crippen LogP contribution in [0.2, 0.25) is 5.02 Å². The topological polar surface area (TPSA) is 58.3 Å². The Bertz CT molecular complexity index is 918. The Morgan fingerprint density at radius 2 is 1.83 bits per heavy atom. The van der Waals surface area contributed by atoms with Crippen molar-refractivity contribution in [3.8, 4) is 0 Å². The molecule has 1 N–H and O–H groups in total. The number of rotatable bonds is 5. The van der Waals surface area contributed by atoms with Gasteiger partial charge in [0.25, 0.3) is 0 Å². The van der Waals surface area contributed by atoms with E-state index in [-0.39, 0.29) is 5.91 Å². The number of fused-ring (bicyclic) bond motifs is 1. The lowest BCUT2D eigenvalue weighted by molar-refractivity contribution is -0.117. The zero-order valence-corrected chi connectivity index (χ0v) is 18.1. The van der Waals surface area contributed by atoms with E-state index in [0.717, 1.165) is 56.4 Å². The average Bonchev–Trinajstić information content (AvgIpc) is 2.87. The number of para-hydroxylation sites is 1. The van der Waals surface area contributed by atoms with Gasteiger partial charge < -0.3 is 9.88 Å². The fraction of sp³-hybridized carbons (Fsp3) is 0.550. The number of carbonyl (C=O) groups is 1. The van der Waals surface area contributed by atoms with E-state index in [9.17, 15) is 4.79 Å². The predicted octanol–water partition coefficient (Wildman–Crippen LogP) is 3.01. The first-order chi connectivity index (χ1) is 14.1. The molecule has 3 heterocycles. The normalized spacial score (nSPS) is 18.2. The number of carbonyl (C=O) groups excluding carboxylic acids is 1. The molecule has 2 aromatic rings. The van der Waals surface area contributed by atoms with Crippen molar-refractivity contribution in [2.24, 2.45) is 0 Å². The molecule has 0 saturated carbocycles. The zero-order chi connectivity index (χ0) is 20.2. The molecule has 1 fully saturated rings. The molecule has 1 saturated heterocycles. The maximum absolute atomic E-state index is 12.3. The summed E-state index contributed by atoms with van der Waals surface area (Å²) >= 11 is 11.8. The SMILES string of the molecule is O=C(CN1CCN(Cn2nc3n(c2=S)CCCCC3)CC1)Nc1ccccc1Cl. The summed E-state index contributed by atoms with van der Waals surface area (Å²) in [5, 5.41) is 8.22. The molecule has 0 atom stereocenters. The molecule has 0 radical (unpaired) electrons. The van der Waals surface area contributed by atoms with Crippen LogP contribution in [0.25, 0.3) is 0 Å². The van der Waals surface area contributed by atoms with Crippen molar-refractivity contribution in [2.75, 3.05) is 38.0 Å². The molecule has 0 unspecified atom stereocenters. The molecule has 0 bridgehead atoms. The van der Waals surface area contributed by atoms with Crippen molar-refractivity contribution in [1.82, 2.24) is 24.1 Å². The number of hydrogen-bond acceptors (Lipinski definition) is 5. The first-order valence-corrected chi connectivity index (χ1v) is 11.0. The molecule has 1 aromatic carbocycles. The van der Waals surface area contributed by atoms with Gasteiger partial charge in [-0.25, -0.2) is 4.68 Å². The van der Waals surface area contributed by atoms with Gasteiger partial charge in [0.2, 0.25) is 5.91 Å². The number of halogens is 1. The number of piperazine rings is 1. The number of nitrogens with one attached hydrogen (secondary N) is 1. The third kappa shape index (κ3) is 5.06. The first kappa shape index (κ1) is 20.5. The standard InChI is InChI=1S/C20H27ClN6OS/c21-16-6-3-4-7-17(16)22-19(28)14-24-10-12-25(13-11-24)15-27-20(29)26-9-5-1-2-8-18(26)23-27/h3-4,6-7H,1-2,5,8-15H2,(H,22,28). The second-order valence-corrected chi connectivity index (χ2v) is 8.50. The fourth-order valence-corrected chi connectivity index (χ4v) is 4.43. The van der Waals surface area contributed by atoms with Gasteiger partial charge in [0.1, 0.15) is 5.82 Å². The number of anilines is 1. The van der Waals surface area contributed by atoms with Crippen molar-refractivity contribution < 1.29 is 4.79 Å².